The van der Waals surface area contributed by atoms with E-state index in [1.165, 1.54) is 0 Å². The zero-order valence-corrected chi connectivity index (χ0v) is 21.2. The van der Waals surface area contributed by atoms with E-state index < -0.39 is 8.32 Å². The molecule has 0 aliphatic heterocycles. The van der Waals surface area contributed by atoms with Crippen molar-refractivity contribution in [1.29, 1.82) is 0 Å². The molecule has 0 aromatic rings. The summed E-state index contributed by atoms with van der Waals surface area (Å²) < 4.78 is 0. The molecule has 0 aliphatic rings. The Hall–Kier alpha value is 0.940. The maximum absolute atomic E-state index is 9.58. The third-order valence-corrected chi connectivity index (χ3v) is 7.02. The molecule has 0 bridgehead atoms. The zero-order valence-electron chi connectivity index (χ0n) is 17.8. The summed E-state index contributed by atoms with van der Waals surface area (Å²) in [5.41, 5.74) is 0. The van der Waals surface area contributed by atoms with E-state index in [1.54, 1.807) is 0 Å². The average molecular weight is 446 g/mol. The van der Waals surface area contributed by atoms with Gasteiger partial charge >= 0.3 is 0 Å². The first-order valence-corrected chi connectivity index (χ1v) is 11.6. The van der Waals surface area contributed by atoms with Gasteiger partial charge in [-0.2, -0.15) is 0 Å². The van der Waals surface area contributed by atoms with Crippen molar-refractivity contribution < 1.29 is 46.3 Å². The largest absolute Gasteiger partial charge is 0.432 e. The van der Waals surface area contributed by atoms with Gasteiger partial charge < -0.3 is 20.1 Å². The quantitative estimate of drug-likeness (QED) is 0.468. The average Bonchev–Trinajstić information content (AvgIpc) is 2.55. The van der Waals surface area contributed by atoms with E-state index in [4.69, 9.17) is 15.3 Å². The van der Waals surface area contributed by atoms with Gasteiger partial charge in [0.1, 0.15) is 0 Å². The molecule has 4 nitrogen and oxygen atoms in total. The van der Waals surface area contributed by atoms with Crippen molar-refractivity contribution in [2.45, 2.75) is 80.4 Å². The molecule has 0 fully saturated rings. The van der Waals surface area contributed by atoms with Crippen molar-refractivity contribution in [2.75, 3.05) is 19.8 Å². The molecular formula is C18H46O4SiZr. The van der Waals surface area contributed by atoms with Gasteiger partial charge in [0.15, 0.2) is 8.32 Å². The van der Waals surface area contributed by atoms with Crippen molar-refractivity contribution in [2.24, 2.45) is 17.8 Å². The van der Waals surface area contributed by atoms with Crippen LogP contribution in [0.4, 0.5) is 0 Å². The molecule has 0 rings (SSSR count). The van der Waals surface area contributed by atoms with E-state index in [0.29, 0.717) is 37.6 Å². The molecular weight excluding hydrogens is 400 g/mol. The number of hydrogen-bond acceptors (Lipinski definition) is 4. The minimum Gasteiger partial charge on any atom is -0.432 e. The van der Waals surface area contributed by atoms with Crippen molar-refractivity contribution in [1.82, 2.24) is 0 Å². The van der Waals surface area contributed by atoms with Crippen LogP contribution < -0.4 is 0 Å². The van der Waals surface area contributed by atoms with Crippen LogP contribution >= 0.6 is 0 Å². The predicted molar refractivity (Wildman–Crippen MR) is 105 cm³/mol. The van der Waals surface area contributed by atoms with Crippen LogP contribution in [0.25, 0.3) is 0 Å². The molecule has 4 N–H and O–H groups in total. The van der Waals surface area contributed by atoms with E-state index in [1.807, 2.05) is 41.5 Å². The summed E-state index contributed by atoms with van der Waals surface area (Å²) >= 11 is 0. The second kappa shape index (κ2) is 26.2. The Bertz CT molecular complexity index is 172. The van der Waals surface area contributed by atoms with Crippen LogP contribution in [0.1, 0.15) is 62.3 Å². The molecule has 24 heavy (non-hydrogen) atoms. The molecule has 0 saturated carbocycles. The van der Waals surface area contributed by atoms with Gasteiger partial charge in [-0.3, -0.25) is 0 Å². The first kappa shape index (κ1) is 35.9. The molecule has 0 amide bonds. The molecule has 0 atom stereocenters. The molecule has 0 aromatic carbocycles. The SMILES string of the molecule is CC(C)CO.CC(C)CO.CC(C)CO.CC[Si](O)(CC)CC.[Zr]. The Labute approximate surface area is 172 Å². The Morgan fingerprint density at radius 3 is 0.708 bits per heavy atom. The Morgan fingerprint density at radius 1 is 0.583 bits per heavy atom. The van der Waals surface area contributed by atoms with Crippen LogP contribution in [0.5, 0.6) is 0 Å². The van der Waals surface area contributed by atoms with Crippen LogP contribution in [-0.2, 0) is 26.2 Å². The first-order chi connectivity index (χ1) is 10.5. The molecule has 0 radical (unpaired) electrons. The minimum atomic E-state index is -1.67. The van der Waals surface area contributed by atoms with Crippen molar-refractivity contribution >= 4 is 8.32 Å². The van der Waals surface area contributed by atoms with Crippen LogP contribution in [0.15, 0.2) is 0 Å². The molecule has 0 heterocycles. The number of rotatable bonds is 6. The summed E-state index contributed by atoms with van der Waals surface area (Å²) in [5, 5.41) is 24.4. The fourth-order valence-corrected chi connectivity index (χ4v) is 2.25. The monoisotopic (exact) mass is 444 g/mol. The predicted octanol–water partition coefficient (Wildman–Crippen LogP) is 3.89. The fourth-order valence-electron chi connectivity index (χ4n) is 0.750. The first-order valence-electron chi connectivity index (χ1n) is 9.04. The van der Waals surface area contributed by atoms with Gasteiger partial charge in [0.25, 0.3) is 0 Å². The Morgan fingerprint density at radius 2 is 0.708 bits per heavy atom. The minimum absolute atomic E-state index is 0. The maximum atomic E-state index is 9.58. The number of hydrogen-bond donors (Lipinski definition) is 4. The van der Waals surface area contributed by atoms with Gasteiger partial charge in [0.05, 0.1) is 0 Å². The molecule has 150 valence electrons. The molecule has 0 spiro atoms. The van der Waals surface area contributed by atoms with Gasteiger partial charge in [0.2, 0.25) is 0 Å². The summed E-state index contributed by atoms with van der Waals surface area (Å²) in [6.45, 7) is 19.0. The van der Waals surface area contributed by atoms with Crippen molar-refractivity contribution in [3.8, 4) is 0 Å². The molecule has 6 heteroatoms. The van der Waals surface area contributed by atoms with Crippen LogP contribution in [0.2, 0.25) is 18.1 Å². The number of aliphatic hydroxyl groups excluding tert-OH is 3. The molecule has 0 saturated heterocycles. The van der Waals surface area contributed by atoms with Crippen LogP contribution in [0.3, 0.4) is 0 Å². The maximum Gasteiger partial charge on any atom is 0.187 e. The Balaban J connectivity index is -0.0000000677. The molecule has 0 aromatic heterocycles. The van der Waals surface area contributed by atoms with Gasteiger partial charge in [-0.25, -0.2) is 0 Å². The van der Waals surface area contributed by atoms with Gasteiger partial charge in [-0.05, 0) is 35.9 Å². The Kier molecular flexibility index (Phi) is 39.2. The normalized spacial score (nSPS) is 10.0. The van der Waals surface area contributed by atoms with E-state index in [0.717, 1.165) is 18.1 Å². The standard InChI is InChI=1S/C6H16OSi.3C4H10O.Zr/c1-4-8(7,5-2)6-3;3*1-4(2)3-5;/h7H,4-6H2,1-3H3;3*4-5H,3H2,1-2H3;. The summed E-state index contributed by atoms with van der Waals surface area (Å²) in [5.74, 6) is 1.32. The third kappa shape index (κ3) is 43.5. The van der Waals surface area contributed by atoms with E-state index in [9.17, 15) is 4.80 Å². The fraction of sp³-hybridized carbons (Fsp3) is 1.00. The van der Waals surface area contributed by atoms with E-state index in [2.05, 4.69) is 20.8 Å². The number of aliphatic hydroxyl groups is 3. The van der Waals surface area contributed by atoms with Crippen LogP contribution in [0, 0.1) is 17.8 Å². The summed E-state index contributed by atoms with van der Waals surface area (Å²) in [6, 6.07) is 3.04. The second-order valence-electron chi connectivity index (χ2n) is 7.01. The van der Waals surface area contributed by atoms with Gasteiger partial charge in [-0.15, -0.1) is 0 Å². The zero-order chi connectivity index (χ0) is 19.5. The second-order valence-corrected chi connectivity index (χ2v) is 11.6. The third-order valence-electron chi connectivity index (χ3n) is 3.07. The summed E-state index contributed by atoms with van der Waals surface area (Å²) in [7, 11) is -1.67. The topological polar surface area (TPSA) is 80.9 Å². The van der Waals surface area contributed by atoms with Crippen molar-refractivity contribution in [3.63, 3.8) is 0 Å². The van der Waals surface area contributed by atoms with E-state index >= 15 is 0 Å². The van der Waals surface area contributed by atoms with Crippen LogP contribution in [-0.4, -0.2) is 48.3 Å². The molecule has 0 aliphatic carbocycles. The smallest absolute Gasteiger partial charge is 0.187 e. The summed E-state index contributed by atoms with van der Waals surface area (Å²) in [6.07, 6.45) is 0. The van der Waals surface area contributed by atoms with E-state index in [-0.39, 0.29) is 26.2 Å². The van der Waals surface area contributed by atoms with Crippen molar-refractivity contribution in [3.05, 3.63) is 0 Å². The van der Waals surface area contributed by atoms with Gasteiger partial charge in [0, 0.05) is 46.0 Å². The van der Waals surface area contributed by atoms with Gasteiger partial charge in [-0.1, -0.05) is 62.3 Å². The summed E-state index contributed by atoms with van der Waals surface area (Å²) in [4.78, 5) is 9.58. The molecule has 0 unspecified atom stereocenters.